The summed E-state index contributed by atoms with van der Waals surface area (Å²) in [4.78, 5) is 10.9. The highest BCUT2D eigenvalue weighted by molar-refractivity contribution is 5.28. The Morgan fingerprint density at radius 2 is 2.06 bits per heavy atom. The average Bonchev–Trinajstić information content (AvgIpc) is 2.45. The summed E-state index contributed by atoms with van der Waals surface area (Å²) in [7, 11) is 1.74. The van der Waals surface area contributed by atoms with E-state index in [4.69, 9.17) is 4.74 Å². The van der Waals surface area contributed by atoms with Gasteiger partial charge in [0.05, 0.1) is 6.61 Å². The Labute approximate surface area is 109 Å². The van der Waals surface area contributed by atoms with Crippen LogP contribution in [0.1, 0.15) is 12.8 Å². The molecule has 0 aliphatic carbocycles. The van der Waals surface area contributed by atoms with Crippen molar-refractivity contribution in [1.29, 1.82) is 0 Å². The second-order valence-electron chi connectivity index (χ2n) is 4.68. The van der Waals surface area contributed by atoms with E-state index in [9.17, 15) is 0 Å². The van der Waals surface area contributed by atoms with E-state index in [2.05, 4.69) is 20.2 Å². The second kappa shape index (κ2) is 7.28. The van der Waals surface area contributed by atoms with E-state index in [0.717, 1.165) is 44.7 Å². The number of hydrogen-bond acceptors (Lipinski definition) is 5. The molecule has 1 N–H and O–H groups in total. The Kier molecular flexibility index (Phi) is 5.36. The van der Waals surface area contributed by atoms with Crippen LogP contribution in [0.2, 0.25) is 0 Å². The molecule has 0 spiro atoms. The van der Waals surface area contributed by atoms with Crippen LogP contribution in [0.25, 0.3) is 0 Å². The summed E-state index contributed by atoms with van der Waals surface area (Å²) in [6, 6.07) is 1.86. The van der Waals surface area contributed by atoms with Crippen molar-refractivity contribution in [2.45, 2.75) is 12.8 Å². The SMILES string of the molecule is COCCNCC1CCN(c2ncccn2)CC1. The molecule has 0 aromatic carbocycles. The number of methoxy groups -OCH3 is 1. The van der Waals surface area contributed by atoms with Gasteiger partial charge in [0, 0.05) is 39.1 Å². The van der Waals surface area contributed by atoms with Gasteiger partial charge in [-0.1, -0.05) is 0 Å². The molecule has 2 heterocycles. The number of nitrogens with one attached hydrogen (secondary N) is 1. The molecule has 0 atom stereocenters. The molecule has 1 saturated heterocycles. The molecule has 0 unspecified atom stereocenters. The zero-order chi connectivity index (χ0) is 12.6. The van der Waals surface area contributed by atoms with Crippen molar-refractivity contribution < 1.29 is 4.74 Å². The van der Waals surface area contributed by atoms with E-state index in [-0.39, 0.29) is 0 Å². The fraction of sp³-hybridized carbons (Fsp3) is 0.692. The number of hydrogen-bond donors (Lipinski definition) is 1. The number of anilines is 1. The smallest absolute Gasteiger partial charge is 0.225 e. The zero-order valence-electron chi connectivity index (χ0n) is 11.0. The molecule has 5 heteroatoms. The van der Waals surface area contributed by atoms with Gasteiger partial charge in [-0.3, -0.25) is 0 Å². The molecule has 1 aliphatic heterocycles. The highest BCUT2D eigenvalue weighted by Gasteiger charge is 2.20. The summed E-state index contributed by atoms with van der Waals surface area (Å²) in [6.45, 7) is 4.93. The van der Waals surface area contributed by atoms with Gasteiger partial charge in [-0.05, 0) is 31.4 Å². The average molecular weight is 250 g/mol. The number of nitrogens with zero attached hydrogens (tertiary/aromatic N) is 3. The van der Waals surface area contributed by atoms with E-state index < -0.39 is 0 Å². The first-order chi connectivity index (χ1) is 8.90. The maximum Gasteiger partial charge on any atom is 0.225 e. The van der Waals surface area contributed by atoms with Crippen LogP contribution in [0.4, 0.5) is 5.95 Å². The normalized spacial score (nSPS) is 17.1. The molecule has 0 amide bonds. The third-order valence-electron chi connectivity index (χ3n) is 3.37. The van der Waals surface area contributed by atoms with Gasteiger partial charge in [0.1, 0.15) is 0 Å². The Morgan fingerprint density at radius 1 is 1.33 bits per heavy atom. The van der Waals surface area contributed by atoms with Gasteiger partial charge < -0.3 is 15.0 Å². The van der Waals surface area contributed by atoms with Crippen molar-refractivity contribution in [2.24, 2.45) is 5.92 Å². The molecule has 0 bridgehead atoms. The fourth-order valence-corrected chi connectivity index (χ4v) is 2.27. The summed E-state index contributed by atoms with van der Waals surface area (Å²) < 4.78 is 5.02. The highest BCUT2D eigenvalue weighted by atomic mass is 16.5. The lowest BCUT2D eigenvalue weighted by atomic mass is 9.97. The standard InChI is InChI=1S/C13H22N4O/c1-18-10-7-14-11-12-3-8-17(9-4-12)13-15-5-2-6-16-13/h2,5-6,12,14H,3-4,7-11H2,1H3. The van der Waals surface area contributed by atoms with Crippen molar-refractivity contribution in [1.82, 2.24) is 15.3 Å². The molecule has 1 fully saturated rings. The van der Waals surface area contributed by atoms with Crippen LogP contribution in [0.5, 0.6) is 0 Å². The van der Waals surface area contributed by atoms with Crippen LogP contribution in [-0.2, 0) is 4.74 Å². The van der Waals surface area contributed by atoms with Crippen LogP contribution < -0.4 is 10.2 Å². The summed E-state index contributed by atoms with van der Waals surface area (Å²) in [5.74, 6) is 1.63. The molecule has 1 aromatic rings. The van der Waals surface area contributed by atoms with Crippen LogP contribution >= 0.6 is 0 Å². The van der Waals surface area contributed by atoms with Crippen LogP contribution in [-0.4, -0.2) is 49.9 Å². The summed E-state index contributed by atoms with van der Waals surface area (Å²) in [5.41, 5.74) is 0. The number of rotatable bonds is 6. The molecule has 100 valence electrons. The largest absolute Gasteiger partial charge is 0.383 e. The van der Waals surface area contributed by atoms with Crippen molar-refractivity contribution in [3.63, 3.8) is 0 Å². The first-order valence-electron chi connectivity index (χ1n) is 6.62. The van der Waals surface area contributed by atoms with Gasteiger partial charge in [-0.2, -0.15) is 0 Å². The topological polar surface area (TPSA) is 50.3 Å². The van der Waals surface area contributed by atoms with Crippen molar-refractivity contribution in [3.05, 3.63) is 18.5 Å². The van der Waals surface area contributed by atoms with E-state index in [1.165, 1.54) is 12.8 Å². The molecule has 1 aromatic heterocycles. The van der Waals surface area contributed by atoms with Crippen LogP contribution in [0, 0.1) is 5.92 Å². The van der Waals surface area contributed by atoms with Gasteiger partial charge >= 0.3 is 0 Å². The summed E-state index contributed by atoms with van der Waals surface area (Å²) in [5, 5.41) is 3.44. The van der Waals surface area contributed by atoms with E-state index >= 15 is 0 Å². The number of piperidine rings is 1. The minimum Gasteiger partial charge on any atom is -0.383 e. The van der Waals surface area contributed by atoms with Crippen molar-refractivity contribution in [2.75, 3.05) is 44.8 Å². The molecule has 18 heavy (non-hydrogen) atoms. The van der Waals surface area contributed by atoms with E-state index in [1.807, 2.05) is 6.07 Å². The summed E-state index contributed by atoms with van der Waals surface area (Å²) >= 11 is 0. The van der Waals surface area contributed by atoms with Gasteiger partial charge in [-0.25, -0.2) is 9.97 Å². The third-order valence-corrected chi connectivity index (χ3v) is 3.37. The molecule has 0 radical (unpaired) electrons. The Bertz CT molecular complexity index is 325. The van der Waals surface area contributed by atoms with Gasteiger partial charge in [0.15, 0.2) is 0 Å². The molecule has 5 nitrogen and oxygen atoms in total. The van der Waals surface area contributed by atoms with Crippen molar-refractivity contribution >= 4 is 5.95 Å². The monoisotopic (exact) mass is 250 g/mol. The molecule has 1 aliphatic rings. The van der Waals surface area contributed by atoms with Gasteiger partial charge in [0.25, 0.3) is 0 Å². The highest BCUT2D eigenvalue weighted by Crippen LogP contribution is 2.19. The Morgan fingerprint density at radius 3 is 2.72 bits per heavy atom. The minimum atomic E-state index is 0.766. The minimum absolute atomic E-state index is 0.766. The van der Waals surface area contributed by atoms with Crippen LogP contribution in [0.15, 0.2) is 18.5 Å². The lowest BCUT2D eigenvalue weighted by Gasteiger charge is -2.32. The molecular formula is C13H22N4O. The summed E-state index contributed by atoms with van der Waals surface area (Å²) in [6.07, 6.45) is 6.03. The Balaban J connectivity index is 1.68. The lowest BCUT2D eigenvalue weighted by Crippen LogP contribution is -2.38. The van der Waals surface area contributed by atoms with E-state index in [1.54, 1.807) is 19.5 Å². The Hall–Kier alpha value is -1.20. The molecule has 2 rings (SSSR count). The van der Waals surface area contributed by atoms with Gasteiger partial charge in [0.2, 0.25) is 5.95 Å². The second-order valence-corrected chi connectivity index (χ2v) is 4.68. The predicted octanol–water partition coefficient (Wildman–Crippen LogP) is 0.929. The fourth-order valence-electron chi connectivity index (χ4n) is 2.27. The van der Waals surface area contributed by atoms with E-state index in [0.29, 0.717) is 0 Å². The van der Waals surface area contributed by atoms with Gasteiger partial charge in [-0.15, -0.1) is 0 Å². The number of aromatic nitrogens is 2. The zero-order valence-corrected chi connectivity index (χ0v) is 11.0. The van der Waals surface area contributed by atoms with Crippen LogP contribution in [0.3, 0.4) is 0 Å². The first kappa shape index (κ1) is 13.2. The number of ether oxygens (including phenoxy) is 1. The molecule has 0 saturated carbocycles. The lowest BCUT2D eigenvalue weighted by molar-refractivity contribution is 0.196. The quantitative estimate of drug-likeness (QED) is 0.761. The third kappa shape index (κ3) is 3.92. The molecular weight excluding hydrogens is 228 g/mol. The maximum atomic E-state index is 5.02. The first-order valence-corrected chi connectivity index (χ1v) is 6.62. The predicted molar refractivity (Wildman–Crippen MR) is 71.7 cm³/mol. The maximum absolute atomic E-state index is 5.02. The van der Waals surface area contributed by atoms with Crippen molar-refractivity contribution in [3.8, 4) is 0 Å².